The molecular formula is C27H30ClNO2S. The zero-order chi connectivity index (χ0) is 22.4. The fourth-order valence-electron chi connectivity index (χ4n) is 4.04. The van der Waals surface area contributed by atoms with Crippen LogP contribution in [0.3, 0.4) is 0 Å². The molecule has 1 fully saturated rings. The molecule has 1 atom stereocenters. The van der Waals surface area contributed by atoms with E-state index >= 15 is 0 Å². The first kappa shape index (κ1) is 23.2. The lowest BCUT2D eigenvalue weighted by molar-refractivity contribution is 0.0810. The Morgan fingerprint density at radius 2 is 1.50 bits per heavy atom. The largest absolute Gasteiger partial charge is 0.492 e. The summed E-state index contributed by atoms with van der Waals surface area (Å²) in [5.74, 6) is 3.25. The van der Waals surface area contributed by atoms with Gasteiger partial charge in [-0.2, -0.15) is 11.8 Å². The first-order valence-corrected chi connectivity index (χ1v) is 12.6. The van der Waals surface area contributed by atoms with Gasteiger partial charge in [0.1, 0.15) is 18.0 Å². The number of halogens is 1. The Balaban J connectivity index is 1.51. The van der Waals surface area contributed by atoms with Gasteiger partial charge in [-0.15, -0.1) is 0 Å². The number of nitrogens with zero attached hydrogens (tertiary/aromatic N) is 1. The normalized spacial score (nSPS) is 16.5. The Labute approximate surface area is 200 Å². The van der Waals surface area contributed by atoms with Crippen molar-refractivity contribution in [1.82, 2.24) is 4.90 Å². The van der Waals surface area contributed by atoms with Crippen LogP contribution in [0.1, 0.15) is 22.3 Å². The average molecular weight is 468 g/mol. The molecular weight excluding hydrogens is 438 g/mol. The molecule has 0 aromatic heterocycles. The van der Waals surface area contributed by atoms with Crippen molar-refractivity contribution in [2.24, 2.45) is 0 Å². The second-order valence-electron chi connectivity index (χ2n) is 8.36. The van der Waals surface area contributed by atoms with E-state index in [-0.39, 0.29) is 0 Å². The van der Waals surface area contributed by atoms with E-state index in [1.165, 1.54) is 17.1 Å². The lowest BCUT2D eigenvalue weighted by Gasteiger charge is -2.30. The first-order valence-electron chi connectivity index (χ1n) is 11.1. The minimum Gasteiger partial charge on any atom is -0.492 e. The highest BCUT2D eigenvalue weighted by Crippen LogP contribution is 2.34. The zero-order valence-electron chi connectivity index (χ0n) is 18.5. The Morgan fingerprint density at radius 3 is 2.12 bits per heavy atom. The monoisotopic (exact) mass is 467 g/mol. The third kappa shape index (κ3) is 5.87. The number of hydrogen-bond donors (Lipinski definition) is 1. The zero-order valence-corrected chi connectivity index (χ0v) is 20.0. The third-order valence-electron chi connectivity index (χ3n) is 6.01. The Kier molecular flexibility index (Phi) is 7.80. The van der Waals surface area contributed by atoms with Crippen LogP contribution in [0.2, 0.25) is 5.02 Å². The van der Waals surface area contributed by atoms with Crippen LogP contribution >= 0.6 is 23.4 Å². The third-order valence-corrected chi connectivity index (χ3v) is 7.21. The van der Waals surface area contributed by atoms with E-state index in [0.717, 1.165) is 42.1 Å². The van der Waals surface area contributed by atoms with E-state index in [0.29, 0.717) is 18.1 Å². The van der Waals surface area contributed by atoms with Crippen LogP contribution in [0.5, 0.6) is 5.75 Å². The molecule has 1 heterocycles. The molecule has 1 unspecified atom stereocenters. The maximum atomic E-state index is 11.9. The molecule has 5 heteroatoms. The minimum absolute atomic E-state index is 0.459. The summed E-state index contributed by atoms with van der Waals surface area (Å²) in [5, 5.41) is 12.6. The summed E-state index contributed by atoms with van der Waals surface area (Å²) in [7, 11) is 0. The molecule has 32 heavy (non-hydrogen) atoms. The van der Waals surface area contributed by atoms with Gasteiger partial charge in [-0.05, 0) is 47.9 Å². The van der Waals surface area contributed by atoms with E-state index < -0.39 is 5.60 Å². The van der Waals surface area contributed by atoms with Gasteiger partial charge in [0, 0.05) is 42.6 Å². The van der Waals surface area contributed by atoms with Crippen molar-refractivity contribution in [1.29, 1.82) is 0 Å². The molecule has 0 amide bonds. The minimum atomic E-state index is -1.15. The highest BCUT2D eigenvalue weighted by Gasteiger charge is 2.32. The summed E-state index contributed by atoms with van der Waals surface area (Å²) in [6.45, 7) is 5.96. The van der Waals surface area contributed by atoms with Gasteiger partial charge in [0.25, 0.3) is 0 Å². The SMILES string of the molecule is Cc1ccc(C(O)(Cc2ccc(Cl)cc2)c2ccc(OCCN3CCSCC3)cc2)cc1. The Morgan fingerprint density at radius 1 is 0.906 bits per heavy atom. The van der Waals surface area contributed by atoms with Crippen LogP contribution in [0.15, 0.2) is 72.8 Å². The topological polar surface area (TPSA) is 32.7 Å². The van der Waals surface area contributed by atoms with E-state index in [1.54, 1.807) is 0 Å². The summed E-state index contributed by atoms with van der Waals surface area (Å²) >= 11 is 8.08. The molecule has 0 aliphatic carbocycles. The molecule has 3 nitrogen and oxygen atoms in total. The molecule has 0 spiro atoms. The van der Waals surface area contributed by atoms with E-state index in [2.05, 4.69) is 11.8 Å². The number of aliphatic hydroxyl groups is 1. The van der Waals surface area contributed by atoms with Crippen molar-refractivity contribution in [3.63, 3.8) is 0 Å². The molecule has 1 aliphatic rings. The number of hydrogen-bond acceptors (Lipinski definition) is 4. The van der Waals surface area contributed by atoms with Crippen LogP contribution in [-0.2, 0) is 12.0 Å². The number of rotatable bonds is 8. The lowest BCUT2D eigenvalue weighted by Crippen LogP contribution is -2.35. The van der Waals surface area contributed by atoms with Crippen molar-refractivity contribution in [3.8, 4) is 5.75 Å². The Hall–Kier alpha value is -1.98. The molecule has 3 aromatic carbocycles. The quantitative estimate of drug-likeness (QED) is 0.470. The van der Waals surface area contributed by atoms with Crippen molar-refractivity contribution in [2.45, 2.75) is 18.9 Å². The molecule has 0 radical (unpaired) electrons. The fourth-order valence-corrected chi connectivity index (χ4v) is 5.15. The molecule has 1 saturated heterocycles. The van der Waals surface area contributed by atoms with E-state index in [9.17, 15) is 5.11 Å². The number of thioether (sulfide) groups is 1. The highest BCUT2D eigenvalue weighted by molar-refractivity contribution is 7.99. The molecule has 4 rings (SSSR count). The number of aryl methyl sites for hydroxylation is 1. The van der Waals surface area contributed by atoms with Crippen LogP contribution in [0.4, 0.5) is 0 Å². The molecule has 0 bridgehead atoms. The van der Waals surface area contributed by atoms with Crippen LogP contribution in [0.25, 0.3) is 0 Å². The smallest absolute Gasteiger partial charge is 0.119 e. The molecule has 0 saturated carbocycles. The second kappa shape index (κ2) is 10.8. The standard InChI is InChI=1S/C27H30ClNO2S/c1-21-2-6-23(7-3-21)27(30,20-22-4-10-25(28)11-5-22)24-8-12-26(13-9-24)31-17-14-29-15-18-32-19-16-29/h2-13,30H,14-20H2,1H3. The highest BCUT2D eigenvalue weighted by atomic mass is 35.5. The average Bonchev–Trinajstić information content (AvgIpc) is 2.82. The van der Waals surface area contributed by atoms with Gasteiger partial charge in [0.15, 0.2) is 0 Å². The fraction of sp³-hybridized carbons (Fsp3) is 0.333. The van der Waals surface area contributed by atoms with Crippen molar-refractivity contribution in [2.75, 3.05) is 37.7 Å². The number of benzene rings is 3. The first-order chi connectivity index (χ1) is 15.5. The van der Waals surface area contributed by atoms with Crippen LogP contribution < -0.4 is 4.74 Å². The van der Waals surface area contributed by atoms with Gasteiger partial charge < -0.3 is 9.84 Å². The molecule has 1 N–H and O–H groups in total. The molecule has 3 aromatic rings. The Bertz CT molecular complexity index is 986. The van der Waals surface area contributed by atoms with Gasteiger partial charge in [0.2, 0.25) is 0 Å². The molecule has 168 valence electrons. The summed E-state index contributed by atoms with van der Waals surface area (Å²) in [5.41, 5.74) is 2.76. The maximum absolute atomic E-state index is 11.9. The predicted octanol–water partition coefficient (Wildman–Crippen LogP) is 5.55. The van der Waals surface area contributed by atoms with Gasteiger partial charge in [-0.3, -0.25) is 4.90 Å². The van der Waals surface area contributed by atoms with Crippen molar-refractivity contribution < 1.29 is 9.84 Å². The lowest BCUT2D eigenvalue weighted by atomic mass is 9.81. The van der Waals surface area contributed by atoms with Crippen molar-refractivity contribution in [3.05, 3.63) is 100 Å². The summed E-state index contributed by atoms with van der Waals surface area (Å²) < 4.78 is 5.98. The van der Waals surface area contributed by atoms with Gasteiger partial charge in [0.05, 0.1) is 0 Å². The van der Waals surface area contributed by atoms with Gasteiger partial charge in [-0.25, -0.2) is 0 Å². The summed E-state index contributed by atoms with van der Waals surface area (Å²) in [6, 6.07) is 23.6. The van der Waals surface area contributed by atoms with Gasteiger partial charge >= 0.3 is 0 Å². The van der Waals surface area contributed by atoms with Crippen LogP contribution in [0, 0.1) is 6.92 Å². The second-order valence-corrected chi connectivity index (χ2v) is 10.0. The van der Waals surface area contributed by atoms with E-state index in [4.69, 9.17) is 16.3 Å². The van der Waals surface area contributed by atoms with E-state index in [1.807, 2.05) is 84.6 Å². The van der Waals surface area contributed by atoms with Gasteiger partial charge in [-0.1, -0.05) is 65.7 Å². The molecule has 1 aliphatic heterocycles. The summed E-state index contributed by atoms with van der Waals surface area (Å²) in [6.07, 6.45) is 0.459. The summed E-state index contributed by atoms with van der Waals surface area (Å²) in [4.78, 5) is 2.45. The predicted molar refractivity (Wildman–Crippen MR) is 135 cm³/mol. The maximum Gasteiger partial charge on any atom is 0.119 e. The van der Waals surface area contributed by atoms with Crippen LogP contribution in [-0.4, -0.2) is 47.8 Å². The van der Waals surface area contributed by atoms with Crippen molar-refractivity contribution >= 4 is 23.4 Å². The number of ether oxygens (including phenoxy) is 1.